The standard InChI is InChI=1S/C9H10N4O2/c10-12-7-5-3-1-2-4-6(5)15-8(7)9(14)13-11/h1-4,12H,10-11H2,(H,13,14). The van der Waals surface area contributed by atoms with Crippen LogP contribution in [0.1, 0.15) is 10.6 Å². The summed E-state index contributed by atoms with van der Waals surface area (Å²) >= 11 is 0. The van der Waals surface area contributed by atoms with Gasteiger partial charge >= 0.3 is 5.91 Å². The van der Waals surface area contributed by atoms with Gasteiger partial charge < -0.3 is 9.84 Å². The molecule has 1 heterocycles. The monoisotopic (exact) mass is 206 g/mol. The van der Waals surface area contributed by atoms with E-state index in [1.807, 2.05) is 11.5 Å². The number of carbonyl (C=O) groups is 1. The first-order valence-corrected chi connectivity index (χ1v) is 4.27. The van der Waals surface area contributed by atoms with Crippen LogP contribution < -0.4 is 22.5 Å². The second kappa shape index (κ2) is 3.60. The third-order valence-corrected chi connectivity index (χ3v) is 2.08. The Hall–Kier alpha value is -2.05. The second-order valence-electron chi connectivity index (χ2n) is 2.92. The van der Waals surface area contributed by atoms with Gasteiger partial charge in [-0.1, -0.05) is 12.1 Å². The zero-order valence-electron chi connectivity index (χ0n) is 7.78. The predicted molar refractivity (Wildman–Crippen MR) is 55.7 cm³/mol. The van der Waals surface area contributed by atoms with Crippen LogP contribution in [0.3, 0.4) is 0 Å². The number of nitrogens with two attached hydrogens (primary N) is 2. The van der Waals surface area contributed by atoms with Gasteiger partial charge in [-0.25, -0.2) is 5.84 Å². The van der Waals surface area contributed by atoms with Gasteiger partial charge in [0.15, 0.2) is 0 Å². The summed E-state index contributed by atoms with van der Waals surface area (Å²) in [6.45, 7) is 0. The van der Waals surface area contributed by atoms with Crippen LogP contribution in [0.5, 0.6) is 0 Å². The van der Waals surface area contributed by atoms with E-state index in [-0.39, 0.29) is 5.76 Å². The molecule has 0 saturated heterocycles. The molecule has 1 aromatic carbocycles. The molecule has 2 rings (SSSR count). The van der Waals surface area contributed by atoms with Crippen molar-refractivity contribution in [2.24, 2.45) is 11.7 Å². The van der Waals surface area contributed by atoms with Crippen LogP contribution in [0, 0.1) is 0 Å². The van der Waals surface area contributed by atoms with E-state index in [4.69, 9.17) is 16.1 Å². The zero-order valence-corrected chi connectivity index (χ0v) is 7.78. The van der Waals surface area contributed by atoms with Crippen molar-refractivity contribution in [3.05, 3.63) is 30.0 Å². The van der Waals surface area contributed by atoms with E-state index in [2.05, 4.69) is 5.43 Å². The number of hydrogen-bond acceptors (Lipinski definition) is 5. The Morgan fingerprint density at radius 2 is 2.00 bits per heavy atom. The summed E-state index contributed by atoms with van der Waals surface area (Å²) in [5.41, 5.74) is 5.41. The Balaban J connectivity index is 2.69. The third kappa shape index (κ3) is 1.41. The first kappa shape index (κ1) is 9.50. The van der Waals surface area contributed by atoms with Gasteiger partial charge in [0.1, 0.15) is 11.3 Å². The minimum absolute atomic E-state index is 0.0706. The highest BCUT2D eigenvalue weighted by atomic mass is 16.3. The van der Waals surface area contributed by atoms with E-state index >= 15 is 0 Å². The van der Waals surface area contributed by atoms with Crippen molar-refractivity contribution >= 4 is 22.6 Å². The van der Waals surface area contributed by atoms with Crippen LogP contribution in [0.4, 0.5) is 5.69 Å². The number of amides is 1. The molecule has 0 saturated carbocycles. The fourth-order valence-corrected chi connectivity index (χ4v) is 1.41. The second-order valence-corrected chi connectivity index (χ2v) is 2.92. The molecular weight excluding hydrogens is 196 g/mol. The third-order valence-electron chi connectivity index (χ3n) is 2.08. The minimum atomic E-state index is -0.529. The lowest BCUT2D eigenvalue weighted by Crippen LogP contribution is -2.30. The molecule has 0 aliphatic carbocycles. The molecule has 0 fully saturated rings. The molecule has 6 N–H and O–H groups in total. The molecule has 0 aliphatic rings. The number of carbonyl (C=O) groups excluding carboxylic acids is 1. The summed E-state index contributed by atoms with van der Waals surface area (Å²) in [5, 5.41) is 0.735. The van der Waals surface area contributed by atoms with Gasteiger partial charge in [0.2, 0.25) is 5.76 Å². The highest BCUT2D eigenvalue weighted by Gasteiger charge is 2.18. The van der Waals surface area contributed by atoms with Crippen LogP contribution in [0.2, 0.25) is 0 Å². The fourth-order valence-electron chi connectivity index (χ4n) is 1.41. The maximum Gasteiger partial charge on any atom is 0.303 e. The number of rotatable bonds is 2. The molecule has 0 unspecified atom stereocenters. The van der Waals surface area contributed by atoms with E-state index < -0.39 is 5.91 Å². The summed E-state index contributed by atoms with van der Waals surface area (Å²) in [4.78, 5) is 11.3. The van der Waals surface area contributed by atoms with Crippen molar-refractivity contribution in [3.63, 3.8) is 0 Å². The Bertz CT molecular complexity index is 506. The van der Waals surface area contributed by atoms with Crippen molar-refractivity contribution in [2.45, 2.75) is 0 Å². The maximum absolute atomic E-state index is 11.3. The lowest BCUT2D eigenvalue weighted by Gasteiger charge is -1.99. The maximum atomic E-state index is 11.3. The number of nitrogen functional groups attached to an aromatic ring is 2. The molecule has 6 heteroatoms. The Labute approximate surface area is 85.2 Å². The van der Waals surface area contributed by atoms with Crippen molar-refractivity contribution < 1.29 is 9.21 Å². The van der Waals surface area contributed by atoms with E-state index in [1.165, 1.54) is 0 Å². The molecule has 78 valence electrons. The Kier molecular flexibility index (Phi) is 2.28. The van der Waals surface area contributed by atoms with Crippen LogP contribution in [-0.2, 0) is 0 Å². The molecule has 1 aromatic heterocycles. The smallest absolute Gasteiger partial charge is 0.303 e. The van der Waals surface area contributed by atoms with Crippen LogP contribution in [0.15, 0.2) is 28.7 Å². The predicted octanol–water partition coefficient (Wildman–Crippen LogP) is 0.322. The summed E-state index contributed by atoms with van der Waals surface area (Å²) in [5.74, 6) is 9.89. The number of fused-ring (bicyclic) bond motifs is 1. The number of hydrogen-bond donors (Lipinski definition) is 4. The van der Waals surface area contributed by atoms with E-state index in [0.29, 0.717) is 11.3 Å². The van der Waals surface area contributed by atoms with Gasteiger partial charge in [-0.2, -0.15) is 0 Å². The SMILES string of the molecule is NNC(=O)c1oc2ccccc2c1NN. The summed E-state index contributed by atoms with van der Waals surface area (Å²) < 4.78 is 5.31. The van der Waals surface area contributed by atoms with Gasteiger partial charge in [-0.15, -0.1) is 0 Å². The topological polar surface area (TPSA) is 106 Å². The normalized spacial score (nSPS) is 10.3. The number of nitrogens with one attached hydrogen (secondary N) is 2. The number of benzene rings is 1. The highest BCUT2D eigenvalue weighted by Crippen LogP contribution is 2.29. The van der Waals surface area contributed by atoms with Crippen LogP contribution >= 0.6 is 0 Å². The average Bonchev–Trinajstić information content (AvgIpc) is 2.66. The van der Waals surface area contributed by atoms with Gasteiger partial charge in [-0.3, -0.25) is 16.1 Å². The lowest BCUT2D eigenvalue weighted by molar-refractivity contribution is 0.0929. The van der Waals surface area contributed by atoms with E-state index in [9.17, 15) is 4.79 Å². The van der Waals surface area contributed by atoms with Crippen molar-refractivity contribution in [1.29, 1.82) is 0 Å². The van der Waals surface area contributed by atoms with Gasteiger partial charge in [0.25, 0.3) is 0 Å². The number of furan rings is 1. The first-order valence-electron chi connectivity index (χ1n) is 4.27. The molecule has 0 radical (unpaired) electrons. The molecule has 0 aliphatic heterocycles. The quantitative estimate of drug-likeness (QED) is 0.321. The minimum Gasteiger partial charge on any atom is -0.449 e. The fraction of sp³-hybridized carbons (Fsp3) is 0. The van der Waals surface area contributed by atoms with E-state index in [1.54, 1.807) is 18.2 Å². The molecule has 6 nitrogen and oxygen atoms in total. The zero-order chi connectivity index (χ0) is 10.8. The average molecular weight is 206 g/mol. The highest BCUT2D eigenvalue weighted by molar-refractivity contribution is 6.05. The molecular formula is C9H10N4O2. The van der Waals surface area contributed by atoms with E-state index in [0.717, 1.165) is 5.39 Å². The van der Waals surface area contributed by atoms with Crippen molar-refractivity contribution in [3.8, 4) is 0 Å². The number of para-hydroxylation sites is 1. The Morgan fingerprint density at radius 3 is 2.67 bits per heavy atom. The van der Waals surface area contributed by atoms with Crippen molar-refractivity contribution in [2.75, 3.05) is 5.43 Å². The summed E-state index contributed by atoms with van der Waals surface area (Å²) in [7, 11) is 0. The number of anilines is 1. The van der Waals surface area contributed by atoms with Gasteiger partial charge in [0, 0.05) is 5.39 Å². The molecule has 1 amide bonds. The van der Waals surface area contributed by atoms with Crippen LogP contribution in [-0.4, -0.2) is 5.91 Å². The molecule has 15 heavy (non-hydrogen) atoms. The summed E-state index contributed by atoms with van der Waals surface area (Å²) in [6, 6.07) is 7.16. The molecule has 2 aromatic rings. The largest absolute Gasteiger partial charge is 0.449 e. The molecule has 0 atom stereocenters. The van der Waals surface area contributed by atoms with Gasteiger partial charge in [-0.05, 0) is 12.1 Å². The molecule has 0 bridgehead atoms. The van der Waals surface area contributed by atoms with Crippen molar-refractivity contribution in [1.82, 2.24) is 5.43 Å². The first-order chi connectivity index (χ1) is 7.27. The van der Waals surface area contributed by atoms with Crippen LogP contribution in [0.25, 0.3) is 11.0 Å². The van der Waals surface area contributed by atoms with Gasteiger partial charge in [0.05, 0.1) is 0 Å². The Morgan fingerprint density at radius 1 is 1.27 bits per heavy atom. The lowest BCUT2D eigenvalue weighted by atomic mass is 10.2. The summed E-state index contributed by atoms with van der Waals surface area (Å²) in [6.07, 6.45) is 0. The number of hydrazine groups is 2. The molecule has 0 spiro atoms.